The molecule has 1 N–H and O–H groups in total. The second-order valence-electron chi connectivity index (χ2n) is 4.40. The van der Waals surface area contributed by atoms with E-state index in [2.05, 4.69) is 4.90 Å². The van der Waals surface area contributed by atoms with E-state index < -0.39 is 5.97 Å². The summed E-state index contributed by atoms with van der Waals surface area (Å²) in [6.45, 7) is 1.97. The average Bonchev–Trinajstić information content (AvgIpc) is 2.37. The summed E-state index contributed by atoms with van der Waals surface area (Å²) >= 11 is 6.26. The number of aliphatic carboxylic acids is 1. The number of carboxylic acid groups (broad SMARTS) is 1. The Kier molecular flexibility index (Phi) is 4.26. The quantitative estimate of drug-likeness (QED) is 0.852. The molecule has 3 nitrogen and oxygen atoms in total. The molecule has 18 heavy (non-hydrogen) atoms. The third-order valence-corrected chi connectivity index (χ3v) is 3.40. The van der Waals surface area contributed by atoms with Crippen LogP contribution in [0.2, 0.25) is 5.02 Å². The van der Waals surface area contributed by atoms with Crippen molar-refractivity contribution in [1.82, 2.24) is 0 Å². The Labute approximate surface area is 112 Å². The molecule has 1 aromatic rings. The van der Waals surface area contributed by atoms with Crippen LogP contribution in [0.1, 0.15) is 24.8 Å². The van der Waals surface area contributed by atoms with Crippen LogP contribution in [0.25, 0.3) is 6.08 Å². The highest BCUT2D eigenvalue weighted by Gasteiger charge is 2.16. The Bertz CT molecular complexity index is 465. The van der Waals surface area contributed by atoms with Gasteiger partial charge in [0, 0.05) is 19.2 Å². The number of carbonyl (C=O) groups is 1. The van der Waals surface area contributed by atoms with Crippen molar-refractivity contribution >= 4 is 29.3 Å². The van der Waals surface area contributed by atoms with Crippen LogP contribution in [0.4, 0.5) is 5.69 Å². The number of hydrogen-bond acceptors (Lipinski definition) is 2. The van der Waals surface area contributed by atoms with Crippen molar-refractivity contribution in [1.29, 1.82) is 0 Å². The minimum atomic E-state index is -0.945. The molecule has 4 heteroatoms. The predicted molar refractivity (Wildman–Crippen MR) is 74.2 cm³/mol. The lowest BCUT2D eigenvalue weighted by Crippen LogP contribution is -2.30. The second-order valence-corrected chi connectivity index (χ2v) is 4.80. The Hall–Kier alpha value is -1.48. The molecule has 0 amide bonds. The highest BCUT2D eigenvalue weighted by Crippen LogP contribution is 2.32. The minimum Gasteiger partial charge on any atom is -0.478 e. The topological polar surface area (TPSA) is 40.5 Å². The molecule has 1 aliphatic heterocycles. The van der Waals surface area contributed by atoms with Gasteiger partial charge in [0.15, 0.2) is 0 Å². The number of halogens is 1. The summed E-state index contributed by atoms with van der Waals surface area (Å²) in [5.41, 5.74) is 1.82. The van der Waals surface area contributed by atoms with E-state index in [1.54, 1.807) is 6.08 Å². The van der Waals surface area contributed by atoms with Crippen LogP contribution in [-0.2, 0) is 4.79 Å². The molecular formula is C14H16ClNO2. The number of benzene rings is 1. The zero-order valence-corrected chi connectivity index (χ0v) is 10.9. The molecule has 1 aromatic carbocycles. The molecule has 1 aliphatic rings. The van der Waals surface area contributed by atoms with E-state index in [0.29, 0.717) is 5.02 Å². The SMILES string of the molecule is O=C(O)/C=C/c1cccc(Cl)c1N1CCCCC1. The predicted octanol–water partition coefficient (Wildman–Crippen LogP) is 3.43. The number of rotatable bonds is 3. The smallest absolute Gasteiger partial charge is 0.328 e. The van der Waals surface area contributed by atoms with Gasteiger partial charge in [-0.05, 0) is 37.0 Å². The molecule has 0 aromatic heterocycles. The van der Waals surface area contributed by atoms with Crippen LogP contribution in [0, 0.1) is 0 Å². The molecule has 96 valence electrons. The van der Waals surface area contributed by atoms with Gasteiger partial charge in [-0.25, -0.2) is 4.79 Å². The fourth-order valence-electron chi connectivity index (χ4n) is 2.28. The first kappa shape index (κ1) is 13.0. The van der Waals surface area contributed by atoms with E-state index >= 15 is 0 Å². The number of nitrogens with zero attached hydrogens (tertiary/aromatic N) is 1. The summed E-state index contributed by atoms with van der Waals surface area (Å²) < 4.78 is 0. The largest absolute Gasteiger partial charge is 0.478 e. The summed E-state index contributed by atoms with van der Waals surface area (Å²) in [6.07, 6.45) is 6.33. The van der Waals surface area contributed by atoms with Crippen LogP contribution in [0.3, 0.4) is 0 Å². The zero-order valence-electron chi connectivity index (χ0n) is 10.1. The van der Waals surface area contributed by atoms with E-state index in [1.165, 1.54) is 6.42 Å². The molecule has 0 spiro atoms. The summed E-state index contributed by atoms with van der Waals surface area (Å²) in [4.78, 5) is 12.9. The summed E-state index contributed by atoms with van der Waals surface area (Å²) in [5, 5.41) is 9.40. The number of piperidine rings is 1. The van der Waals surface area contributed by atoms with Gasteiger partial charge >= 0.3 is 5.97 Å². The summed E-state index contributed by atoms with van der Waals surface area (Å²) in [5.74, 6) is -0.945. The molecule has 1 saturated heterocycles. The van der Waals surface area contributed by atoms with Gasteiger partial charge < -0.3 is 10.0 Å². The van der Waals surface area contributed by atoms with Crippen LogP contribution in [0.5, 0.6) is 0 Å². The molecule has 1 heterocycles. The van der Waals surface area contributed by atoms with E-state index in [4.69, 9.17) is 16.7 Å². The first-order valence-corrected chi connectivity index (χ1v) is 6.51. The first-order valence-electron chi connectivity index (χ1n) is 6.13. The van der Waals surface area contributed by atoms with E-state index in [9.17, 15) is 4.79 Å². The normalized spacial score (nSPS) is 16.2. The first-order chi connectivity index (χ1) is 8.68. The fourth-order valence-corrected chi connectivity index (χ4v) is 2.58. The van der Waals surface area contributed by atoms with Crippen LogP contribution < -0.4 is 4.90 Å². The van der Waals surface area contributed by atoms with Crippen molar-refractivity contribution in [3.8, 4) is 0 Å². The van der Waals surface area contributed by atoms with Crippen LogP contribution in [0.15, 0.2) is 24.3 Å². The molecule has 0 atom stereocenters. The van der Waals surface area contributed by atoms with Crippen molar-refractivity contribution < 1.29 is 9.90 Å². The van der Waals surface area contributed by atoms with E-state index in [1.807, 2.05) is 18.2 Å². The monoisotopic (exact) mass is 265 g/mol. The standard InChI is InChI=1S/C14H16ClNO2/c15-12-6-4-5-11(7-8-13(17)18)14(12)16-9-2-1-3-10-16/h4-8H,1-3,9-10H2,(H,17,18)/b8-7+. The maximum atomic E-state index is 10.6. The second kappa shape index (κ2) is 5.91. The lowest BCUT2D eigenvalue weighted by Gasteiger charge is -2.30. The Balaban J connectivity index is 2.34. The summed E-state index contributed by atoms with van der Waals surface area (Å²) in [7, 11) is 0. The molecule has 0 radical (unpaired) electrons. The van der Waals surface area contributed by atoms with Gasteiger partial charge in [0.25, 0.3) is 0 Å². The zero-order chi connectivity index (χ0) is 13.0. The van der Waals surface area contributed by atoms with Gasteiger partial charge in [0.05, 0.1) is 10.7 Å². The van der Waals surface area contributed by atoms with Crippen molar-refractivity contribution in [2.75, 3.05) is 18.0 Å². The Morgan fingerprint density at radius 3 is 2.67 bits per heavy atom. The number of hydrogen-bond donors (Lipinski definition) is 1. The fraction of sp³-hybridized carbons (Fsp3) is 0.357. The number of carboxylic acids is 1. The van der Waals surface area contributed by atoms with E-state index in [-0.39, 0.29) is 0 Å². The summed E-state index contributed by atoms with van der Waals surface area (Å²) in [6, 6.07) is 5.59. The van der Waals surface area contributed by atoms with Gasteiger partial charge in [-0.1, -0.05) is 23.7 Å². The molecular weight excluding hydrogens is 250 g/mol. The number of para-hydroxylation sites is 1. The van der Waals surface area contributed by atoms with Gasteiger partial charge in [0.2, 0.25) is 0 Å². The highest BCUT2D eigenvalue weighted by molar-refractivity contribution is 6.33. The van der Waals surface area contributed by atoms with Crippen molar-refractivity contribution in [3.63, 3.8) is 0 Å². The molecule has 2 rings (SSSR count). The van der Waals surface area contributed by atoms with Gasteiger partial charge in [-0.2, -0.15) is 0 Å². The van der Waals surface area contributed by atoms with Gasteiger partial charge in [0.1, 0.15) is 0 Å². The average molecular weight is 266 g/mol. The maximum absolute atomic E-state index is 10.6. The lowest BCUT2D eigenvalue weighted by atomic mass is 10.1. The van der Waals surface area contributed by atoms with Crippen molar-refractivity contribution in [2.45, 2.75) is 19.3 Å². The highest BCUT2D eigenvalue weighted by atomic mass is 35.5. The Morgan fingerprint density at radius 2 is 2.00 bits per heavy atom. The number of anilines is 1. The molecule has 0 bridgehead atoms. The third-order valence-electron chi connectivity index (χ3n) is 3.10. The van der Waals surface area contributed by atoms with E-state index in [0.717, 1.165) is 43.3 Å². The van der Waals surface area contributed by atoms with Gasteiger partial charge in [-0.15, -0.1) is 0 Å². The third kappa shape index (κ3) is 3.05. The maximum Gasteiger partial charge on any atom is 0.328 e. The van der Waals surface area contributed by atoms with Gasteiger partial charge in [-0.3, -0.25) is 0 Å². The minimum absolute atomic E-state index is 0.685. The molecule has 0 saturated carbocycles. The molecule has 0 unspecified atom stereocenters. The van der Waals surface area contributed by atoms with Crippen molar-refractivity contribution in [2.24, 2.45) is 0 Å². The van der Waals surface area contributed by atoms with Crippen LogP contribution in [-0.4, -0.2) is 24.2 Å². The Morgan fingerprint density at radius 1 is 1.28 bits per heavy atom. The molecule has 0 aliphatic carbocycles. The van der Waals surface area contributed by atoms with Crippen molar-refractivity contribution in [3.05, 3.63) is 34.9 Å². The molecule has 1 fully saturated rings. The lowest BCUT2D eigenvalue weighted by molar-refractivity contribution is -0.131. The van der Waals surface area contributed by atoms with Crippen LogP contribution >= 0.6 is 11.6 Å².